The monoisotopic (exact) mass is 160 g/mol. The molecule has 0 rings (SSSR count). The molecule has 0 N–H and O–H groups in total. The van der Waals surface area contributed by atoms with Gasteiger partial charge in [-0.3, -0.25) is 0 Å². The molecular formula is C6H13As. The van der Waals surface area contributed by atoms with Gasteiger partial charge in [-0.25, -0.2) is 0 Å². The molecule has 0 saturated carbocycles. The van der Waals surface area contributed by atoms with Crippen LogP contribution in [0, 0.1) is 5.92 Å². The first-order chi connectivity index (χ1) is 2.94. The molecule has 0 unspecified atom stereocenters. The molecule has 0 bridgehead atoms. The van der Waals surface area contributed by atoms with E-state index < -0.39 is 0 Å². The van der Waals surface area contributed by atoms with Gasteiger partial charge in [-0.2, -0.15) is 0 Å². The zero-order valence-corrected chi connectivity index (χ0v) is 7.40. The third kappa shape index (κ3) is 3.17. The summed E-state index contributed by atoms with van der Waals surface area (Å²) in [5.74, 6) is 0.771. The van der Waals surface area contributed by atoms with Crippen LogP contribution >= 0.6 is 0 Å². The van der Waals surface area contributed by atoms with Gasteiger partial charge >= 0.3 is 54.7 Å². The van der Waals surface area contributed by atoms with E-state index in [0.717, 1.165) is 5.92 Å². The third-order valence-corrected chi connectivity index (χ3v) is 2.50. The van der Waals surface area contributed by atoms with E-state index in [2.05, 4.69) is 44.5 Å². The fourth-order valence-corrected chi connectivity index (χ4v) is 0. The Morgan fingerprint density at radius 3 is 1.43 bits per heavy atom. The quantitative estimate of drug-likeness (QED) is 0.514. The third-order valence-electron chi connectivity index (χ3n) is 1.41. The molecule has 0 fully saturated rings. The normalized spacial score (nSPS) is 12.9. The van der Waals surface area contributed by atoms with Crippen molar-refractivity contribution in [3.63, 3.8) is 0 Å². The summed E-state index contributed by atoms with van der Waals surface area (Å²) >= 11 is 2.69. The van der Waals surface area contributed by atoms with Gasteiger partial charge in [-0.15, -0.1) is 0 Å². The van der Waals surface area contributed by atoms with E-state index in [0.29, 0.717) is 4.20 Å². The van der Waals surface area contributed by atoms with Crippen LogP contribution in [0.4, 0.5) is 0 Å². The Balaban J connectivity index is 3.54. The van der Waals surface area contributed by atoms with Crippen LogP contribution in [0.1, 0.15) is 27.7 Å². The van der Waals surface area contributed by atoms with Crippen molar-refractivity contribution < 1.29 is 0 Å². The van der Waals surface area contributed by atoms with Gasteiger partial charge < -0.3 is 0 Å². The Hall–Kier alpha value is 0.558. The van der Waals surface area contributed by atoms with Crippen molar-refractivity contribution in [2.75, 3.05) is 0 Å². The van der Waals surface area contributed by atoms with Crippen molar-refractivity contribution >= 4 is 16.9 Å². The molecule has 0 heterocycles. The number of hydrogen-bond acceptors (Lipinski definition) is 0. The Labute approximate surface area is 55.2 Å². The van der Waals surface area contributed by atoms with E-state index in [4.69, 9.17) is 0 Å². The predicted octanol–water partition coefficient (Wildman–Crippen LogP) is 2.01. The molecule has 42 valence electrons. The van der Waals surface area contributed by atoms with Crippen LogP contribution in [0.5, 0.6) is 0 Å². The van der Waals surface area contributed by atoms with Crippen molar-refractivity contribution in [3.8, 4) is 0 Å². The van der Waals surface area contributed by atoms with Crippen LogP contribution in [0.15, 0.2) is 0 Å². The van der Waals surface area contributed by atoms with Crippen LogP contribution in [-0.4, -0.2) is 16.9 Å². The average molecular weight is 160 g/mol. The minimum atomic E-state index is 0.438. The summed E-state index contributed by atoms with van der Waals surface area (Å²) in [6.07, 6.45) is 0. The molecule has 0 aromatic rings. The molecule has 0 aromatic heterocycles. The van der Waals surface area contributed by atoms with E-state index in [1.54, 1.807) is 0 Å². The van der Waals surface area contributed by atoms with Gasteiger partial charge in [0.2, 0.25) is 0 Å². The van der Waals surface area contributed by atoms with Gasteiger partial charge in [0.25, 0.3) is 0 Å². The second-order valence-corrected chi connectivity index (χ2v) is 5.23. The summed E-state index contributed by atoms with van der Waals surface area (Å²) in [5.41, 5.74) is 0. The summed E-state index contributed by atoms with van der Waals surface area (Å²) in [7, 11) is 0. The van der Waals surface area contributed by atoms with E-state index in [1.165, 1.54) is 0 Å². The van der Waals surface area contributed by atoms with Crippen LogP contribution in [-0.2, 0) is 0 Å². The summed E-state index contributed by atoms with van der Waals surface area (Å²) < 4.78 is 0.438. The molecule has 1 heteroatoms. The SMILES string of the molecule is CC(C)C(C)(C)[As]. The van der Waals surface area contributed by atoms with Crippen LogP contribution < -0.4 is 0 Å². The van der Waals surface area contributed by atoms with Crippen LogP contribution in [0.25, 0.3) is 0 Å². The summed E-state index contributed by atoms with van der Waals surface area (Å²) in [4.78, 5) is 0. The number of rotatable bonds is 1. The molecular weight excluding hydrogens is 147 g/mol. The fraction of sp³-hybridized carbons (Fsp3) is 1.00. The standard InChI is InChI=1S/C6H13As/c1-5(2)6(3,4)7/h5H,1-4H3. The predicted molar refractivity (Wildman–Crippen MR) is 34.6 cm³/mol. The first-order valence-corrected chi connectivity index (χ1v) is 3.61. The van der Waals surface area contributed by atoms with Gasteiger partial charge in [0.15, 0.2) is 0 Å². The van der Waals surface area contributed by atoms with Gasteiger partial charge in [-0.1, -0.05) is 0 Å². The molecule has 0 aliphatic heterocycles. The summed E-state index contributed by atoms with van der Waals surface area (Å²) in [5, 5.41) is 0. The molecule has 0 amide bonds. The minimum absolute atomic E-state index is 0.438. The maximum atomic E-state index is 2.69. The molecule has 0 nitrogen and oxygen atoms in total. The van der Waals surface area contributed by atoms with Gasteiger partial charge in [0.05, 0.1) is 0 Å². The molecule has 7 heavy (non-hydrogen) atoms. The second kappa shape index (κ2) is 2.22. The van der Waals surface area contributed by atoms with Crippen LogP contribution in [0.2, 0.25) is 4.20 Å². The maximum absolute atomic E-state index is 2.69. The van der Waals surface area contributed by atoms with Crippen molar-refractivity contribution in [3.05, 3.63) is 0 Å². The van der Waals surface area contributed by atoms with Gasteiger partial charge in [0.1, 0.15) is 0 Å². The Morgan fingerprint density at radius 2 is 1.43 bits per heavy atom. The average Bonchev–Trinajstić information content (AvgIpc) is 1.31. The Bertz CT molecular complexity index is 49.7. The van der Waals surface area contributed by atoms with Gasteiger partial charge in [-0.05, 0) is 0 Å². The molecule has 0 atom stereocenters. The molecule has 0 spiro atoms. The first kappa shape index (κ1) is 7.56. The fourth-order valence-electron chi connectivity index (χ4n) is 0. The molecule has 0 aliphatic rings. The Morgan fingerprint density at radius 1 is 1.29 bits per heavy atom. The van der Waals surface area contributed by atoms with E-state index in [1.807, 2.05) is 0 Å². The van der Waals surface area contributed by atoms with Crippen molar-refractivity contribution in [2.24, 2.45) is 5.92 Å². The van der Waals surface area contributed by atoms with E-state index in [-0.39, 0.29) is 0 Å². The first-order valence-electron chi connectivity index (χ1n) is 2.67. The van der Waals surface area contributed by atoms with E-state index >= 15 is 0 Å². The zero-order valence-electron chi connectivity index (χ0n) is 5.52. The zero-order chi connectivity index (χ0) is 6.08. The van der Waals surface area contributed by atoms with Gasteiger partial charge in [0, 0.05) is 0 Å². The topological polar surface area (TPSA) is 0 Å². The molecule has 0 saturated heterocycles. The molecule has 0 aliphatic carbocycles. The summed E-state index contributed by atoms with van der Waals surface area (Å²) in [6.45, 7) is 8.94. The summed E-state index contributed by atoms with van der Waals surface area (Å²) in [6, 6.07) is 0. The second-order valence-electron chi connectivity index (χ2n) is 2.81. The van der Waals surface area contributed by atoms with Crippen LogP contribution in [0.3, 0.4) is 0 Å². The van der Waals surface area contributed by atoms with Crippen molar-refractivity contribution in [2.45, 2.75) is 31.9 Å². The molecule has 2 radical (unpaired) electrons. The Kier molecular flexibility index (Phi) is 2.39. The van der Waals surface area contributed by atoms with Crippen molar-refractivity contribution in [1.82, 2.24) is 0 Å². The van der Waals surface area contributed by atoms with E-state index in [9.17, 15) is 0 Å². The molecule has 0 aromatic carbocycles. The number of hydrogen-bond donors (Lipinski definition) is 0. The van der Waals surface area contributed by atoms with Crippen molar-refractivity contribution in [1.29, 1.82) is 0 Å².